The van der Waals surface area contributed by atoms with Gasteiger partial charge in [0.05, 0.1) is 21.4 Å². The number of anilines is 2. The maximum atomic E-state index is 12.8. The van der Waals surface area contributed by atoms with Crippen LogP contribution in [0.1, 0.15) is 18.4 Å². The number of sulfonamides is 2. The van der Waals surface area contributed by atoms with Crippen molar-refractivity contribution in [2.45, 2.75) is 23.5 Å². The third kappa shape index (κ3) is 6.99. The Bertz CT molecular complexity index is 1540. The van der Waals surface area contributed by atoms with Gasteiger partial charge in [-0.2, -0.15) is 0 Å². The van der Waals surface area contributed by atoms with Crippen molar-refractivity contribution in [2.75, 3.05) is 23.1 Å². The molecule has 0 radical (unpaired) electrons. The van der Waals surface area contributed by atoms with Crippen LogP contribution >= 0.6 is 34.8 Å². The first kappa shape index (κ1) is 28.7. The molecular weight excluding hydrogens is 593 g/mol. The summed E-state index contributed by atoms with van der Waals surface area (Å²) in [6.07, 6.45) is 0.734. The van der Waals surface area contributed by atoms with Gasteiger partial charge in [-0.1, -0.05) is 53.0 Å². The van der Waals surface area contributed by atoms with E-state index < -0.39 is 20.0 Å². The zero-order valence-electron chi connectivity index (χ0n) is 19.9. The van der Waals surface area contributed by atoms with Crippen LogP contribution in [0.25, 0.3) is 0 Å². The van der Waals surface area contributed by atoms with Crippen LogP contribution in [0.15, 0.2) is 71.6 Å². The van der Waals surface area contributed by atoms with Crippen molar-refractivity contribution in [1.82, 2.24) is 4.31 Å². The largest absolute Gasteiger partial charge is 0.326 e. The summed E-state index contributed by atoms with van der Waals surface area (Å²) in [6.45, 7) is 0.446. The first-order valence-corrected chi connectivity index (χ1v) is 15.8. The lowest BCUT2D eigenvalue weighted by molar-refractivity contribution is -0.120. The lowest BCUT2D eigenvalue weighted by Gasteiger charge is -2.30. The van der Waals surface area contributed by atoms with Gasteiger partial charge in [0.15, 0.2) is 0 Å². The Hall–Kier alpha value is -2.34. The lowest BCUT2D eigenvalue weighted by atomic mass is 9.97. The number of hydrogen-bond donors (Lipinski definition) is 2. The third-order valence-electron chi connectivity index (χ3n) is 6.12. The molecule has 0 unspecified atom stereocenters. The zero-order valence-corrected chi connectivity index (χ0v) is 23.8. The van der Waals surface area contributed by atoms with E-state index in [-0.39, 0.29) is 46.3 Å². The molecule has 4 rings (SSSR count). The fourth-order valence-electron chi connectivity index (χ4n) is 4.04. The summed E-state index contributed by atoms with van der Waals surface area (Å²) in [5.74, 6) is -0.827. The summed E-state index contributed by atoms with van der Waals surface area (Å²) in [7, 11) is -7.49. The Morgan fingerprint density at radius 1 is 0.868 bits per heavy atom. The van der Waals surface area contributed by atoms with Gasteiger partial charge in [0.25, 0.3) is 10.0 Å². The standard InChI is InChI=1S/C25H24Cl3N3O5S2/c26-19-5-10-24(23(28)15-19)30-38(35,36)21-8-6-20(7-9-21)29-25(32)17-11-13-31(14-12-17)37(33,34)16-18-3-1-2-4-22(18)27/h1-10,15,17,30H,11-14,16H2,(H,29,32). The van der Waals surface area contributed by atoms with E-state index in [2.05, 4.69) is 10.0 Å². The smallest absolute Gasteiger partial charge is 0.261 e. The number of rotatable bonds is 8. The van der Waals surface area contributed by atoms with Crippen LogP contribution in [0.3, 0.4) is 0 Å². The van der Waals surface area contributed by atoms with Gasteiger partial charge in [0.2, 0.25) is 15.9 Å². The fraction of sp³-hybridized carbons (Fsp3) is 0.240. The predicted octanol–water partition coefficient (Wildman–Crippen LogP) is 5.63. The third-order valence-corrected chi connectivity index (χ3v) is 10.2. The Labute approximate surface area is 237 Å². The van der Waals surface area contributed by atoms with Crippen LogP contribution in [-0.2, 0) is 30.6 Å². The summed E-state index contributed by atoms with van der Waals surface area (Å²) in [6, 6.07) is 16.9. The minimum Gasteiger partial charge on any atom is -0.326 e. The van der Waals surface area contributed by atoms with Crippen molar-refractivity contribution in [2.24, 2.45) is 5.92 Å². The molecule has 0 bridgehead atoms. The lowest BCUT2D eigenvalue weighted by Crippen LogP contribution is -2.41. The van der Waals surface area contributed by atoms with Crippen molar-refractivity contribution in [3.05, 3.63) is 87.4 Å². The molecule has 8 nitrogen and oxygen atoms in total. The second kappa shape index (κ2) is 11.8. The van der Waals surface area contributed by atoms with Gasteiger partial charge in [-0.15, -0.1) is 0 Å². The molecule has 13 heteroatoms. The fourth-order valence-corrected chi connectivity index (χ4v) is 7.50. The molecule has 1 fully saturated rings. The van der Waals surface area contributed by atoms with E-state index in [1.165, 1.54) is 46.8 Å². The molecule has 2 N–H and O–H groups in total. The molecule has 202 valence electrons. The van der Waals surface area contributed by atoms with Crippen molar-refractivity contribution in [3.63, 3.8) is 0 Å². The molecule has 3 aromatic rings. The molecular formula is C25H24Cl3N3O5S2. The zero-order chi connectivity index (χ0) is 27.5. The van der Waals surface area contributed by atoms with Gasteiger partial charge in [-0.25, -0.2) is 21.1 Å². The summed E-state index contributed by atoms with van der Waals surface area (Å²) < 4.78 is 54.9. The van der Waals surface area contributed by atoms with Gasteiger partial charge < -0.3 is 5.32 Å². The molecule has 0 aliphatic carbocycles. The maximum absolute atomic E-state index is 12.8. The van der Waals surface area contributed by atoms with E-state index in [1.54, 1.807) is 24.3 Å². The highest BCUT2D eigenvalue weighted by Crippen LogP contribution is 2.29. The molecule has 1 saturated heterocycles. The Balaban J connectivity index is 1.33. The van der Waals surface area contributed by atoms with Crippen molar-refractivity contribution < 1.29 is 21.6 Å². The van der Waals surface area contributed by atoms with E-state index in [9.17, 15) is 21.6 Å². The van der Waals surface area contributed by atoms with Gasteiger partial charge in [0.1, 0.15) is 0 Å². The van der Waals surface area contributed by atoms with E-state index >= 15 is 0 Å². The summed E-state index contributed by atoms with van der Waals surface area (Å²) in [5.41, 5.74) is 1.15. The van der Waals surface area contributed by atoms with Crippen molar-refractivity contribution >= 4 is 72.1 Å². The number of carbonyl (C=O) groups excluding carboxylic acids is 1. The number of nitrogens with zero attached hydrogens (tertiary/aromatic N) is 1. The number of halogens is 3. The van der Waals surface area contributed by atoms with Crippen LogP contribution in [0.4, 0.5) is 11.4 Å². The summed E-state index contributed by atoms with van der Waals surface area (Å²) in [4.78, 5) is 12.8. The Morgan fingerprint density at radius 2 is 1.53 bits per heavy atom. The molecule has 0 aromatic heterocycles. The number of amides is 1. The van der Waals surface area contributed by atoms with Gasteiger partial charge in [0, 0.05) is 34.7 Å². The van der Waals surface area contributed by atoms with Crippen LogP contribution in [0, 0.1) is 5.92 Å². The topological polar surface area (TPSA) is 113 Å². The molecule has 0 spiro atoms. The van der Waals surface area contributed by atoms with Crippen molar-refractivity contribution in [1.29, 1.82) is 0 Å². The summed E-state index contributed by atoms with van der Waals surface area (Å²) >= 11 is 18.0. The number of benzene rings is 3. The molecule has 1 heterocycles. The quantitative estimate of drug-likeness (QED) is 0.341. The number of hydrogen-bond acceptors (Lipinski definition) is 5. The van der Waals surface area contributed by atoms with Crippen LogP contribution in [-0.4, -0.2) is 40.1 Å². The molecule has 1 aliphatic heterocycles. The first-order valence-electron chi connectivity index (χ1n) is 11.5. The number of carbonyl (C=O) groups is 1. The van der Waals surface area contributed by atoms with E-state index in [0.29, 0.717) is 34.1 Å². The number of piperidine rings is 1. The highest BCUT2D eigenvalue weighted by Gasteiger charge is 2.31. The minimum atomic E-state index is -3.92. The Kier molecular flexibility index (Phi) is 8.91. The Morgan fingerprint density at radius 3 is 2.16 bits per heavy atom. The normalized spacial score (nSPS) is 15.2. The van der Waals surface area contributed by atoms with Gasteiger partial charge >= 0.3 is 0 Å². The van der Waals surface area contributed by atoms with Gasteiger partial charge in [-0.3, -0.25) is 9.52 Å². The van der Waals surface area contributed by atoms with E-state index in [4.69, 9.17) is 34.8 Å². The van der Waals surface area contributed by atoms with Crippen LogP contribution < -0.4 is 10.0 Å². The molecule has 1 aliphatic rings. The average molecular weight is 617 g/mol. The molecule has 1 amide bonds. The number of nitrogens with one attached hydrogen (secondary N) is 2. The SMILES string of the molecule is O=C(Nc1ccc(S(=O)(=O)Nc2ccc(Cl)cc2Cl)cc1)C1CCN(S(=O)(=O)Cc2ccccc2Cl)CC1. The minimum absolute atomic E-state index is 0.0152. The molecule has 0 atom stereocenters. The van der Waals surface area contributed by atoms with Crippen LogP contribution in [0.5, 0.6) is 0 Å². The molecule has 0 saturated carbocycles. The van der Waals surface area contributed by atoms with E-state index in [0.717, 1.165) is 0 Å². The van der Waals surface area contributed by atoms with Crippen molar-refractivity contribution in [3.8, 4) is 0 Å². The van der Waals surface area contributed by atoms with E-state index in [1.807, 2.05) is 0 Å². The highest BCUT2D eigenvalue weighted by molar-refractivity contribution is 7.92. The molecule has 3 aromatic carbocycles. The predicted molar refractivity (Wildman–Crippen MR) is 151 cm³/mol. The monoisotopic (exact) mass is 615 g/mol. The summed E-state index contributed by atoms with van der Waals surface area (Å²) in [5, 5.41) is 3.71. The molecule has 38 heavy (non-hydrogen) atoms. The first-order chi connectivity index (χ1) is 17.9. The highest BCUT2D eigenvalue weighted by atomic mass is 35.5. The van der Waals surface area contributed by atoms with Crippen LogP contribution in [0.2, 0.25) is 15.1 Å². The average Bonchev–Trinajstić information content (AvgIpc) is 2.87. The second-order valence-corrected chi connectivity index (χ2v) is 13.7. The maximum Gasteiger partial charge on any atom is 0.261 e. The second-order valence-electron chi connectivity index (χ2n) is 8.76. The van der Waals surface area contributed by atoms with Gasteiger partial charge in [-0.05, 0) is 66.9 Å².